The lowest BCUT2D eigenvalue weighted by molar-refractivity contribution is -0.137. The molecule has 0 N–H and O–H groups in total. The Kier molecular flexibility index (Phi) is 3.38. The van der Waals surface area contributed by atoms with Gasteiger partial charge in [-0.25, -0.2) is 4.79 Å². The van der Waals surface area contributed by atoms with Gasteiger partial charge in [0.05, 0.1) is 16.1 Å². The second-order valence-electron chi connectivity index (χ2n) is 4.41. The Hall–Kier alpha value is -1.43. The lowest BCUT2D eigenvalue weighted by Crippen LogP contribution is -2.23. The molecule has 0 fully saturated rings. The number of halogens is 4. The predicted molar refractivity (Wildman–Crippen MR) is 66.7 cm³/mol. The molecule has 0 bridgehead atoms. The van der Waals surface area contributed by atoms with E-state index in [1.165, 1.54) is 10.8 Å². The van der Waals surface area contributed by atoms with Crippen LogP contribution >= 0.6 is 11.6 Å². The van der Waals surface area contributed by atoms with Gasteiger partial charge in [0.1, 0.15) is 0 Å². The highest BCUT2D eigenvalue weighted by atomic mass is 35.5. The van der Waals surface area contributed by atoms with Gasteiger partial charge in [0.15, 0.2) is 0 Å². The fraction of sp³-hybridized carbons (Fsp3) is 0.417. The summed E-state index contributed by atoms with van der Waals surface area (Å²) in [6.07, 6.45) is -1.57. The maximum Gasteiger partial charge on any atom is 0.417 e. The highest BCUT2D eigenvalue weighted by Gasteiger charge is 2.32. The number of hydrogen-bond acceptors (Lipinski definition) is 1. The van der Waals surface area contributed by atoms with E-state index in [0.717, 1.165) is 16.7 Å². The van der Waals surface area contributed by atoms with Gasteiger partial charge in [-0.3, -0.25) is 8.97 Å². The Morgan fingerprint density at radius 1 is 1.37 bits per heavy atom. The van der Waals surface area contributed by atoms with Crippen molar-refractivity contribution in [2.75, 3.05) is 0 Å². The minimum atomic E-state index is -4.53. The van der Waals surface area contributed by atoms with E-state index in [2.05, 4.69) is 0 Å². The van der Waals surface area contributed by atoms with Crippen molar-refractivity contribution in [3.63, 3.8) is 0 Å². The van der Waals surface area contributed by atoms with Crippen molar-refractivity contribution in [1.29, 1.82) is 0 Å². The summed E-state index contributed by atoms with van der Waals surface area (Å²) in [5.41, 5.74) is -1.17. The topological polar surface area (TPSA) is 26.4 Å². The van der Waals surface area contributed by atoms with Crippen LogP contribution in [0.25, 0.3) is 5.52 Å². The highest BCUT2D eigenvalue weighted by Crippen LogP contribution is 2.32. The Balaban J connectivity index is 2.75. The van der Waals surface area contributed by atoms with Gasteiger partial charge >= 0.3 is 11.9 Å². The van der Waals surface area contributed by atoms with Crippen molar-refractivity contribution < 1.29 is 13.2 Å². The standard InChI is InChI=1S/C12H12ClF3N2O/c1-3-7(2)17-6-10-9(13)4-8(12(14,15)16)5-18(10)11(17)19/h4-7H,3H2,1-2H3. The average molecular weight is 293 g/mol. The highest BCUT2D eigenvalue weighted by molar-refractivity contribution is 6.33. The van der Waals surface area contributed by atoms with Crippen molar-refractivity contribution in [2.45, 2.75) is 32.5 Å². The number of imidazole rings is 1. The van der Waals surface area contributed by atoms with Crippen LogP contribution < -0.4 is 5.69 Å². The molecule has 0 amide bonds. The summed E-state index contributed by atoms with van der Waals surface area (Å²) in [6, 6.07) is 0.731. The first-order chi connectivity index (χ1) is 8.75. The molecule has 0 aliphatic rings. The number of rotatable bonds is 2. The van der Waals surface area contributed by atoms with Crippen LogP contribution in [0.2, 0.25) is 5.02 Å². The molecule has 2 heterocycles. The maximum atomic E-state index is 12.7. The van der Waals surface area contributed by atoms with E-state index >= 15 is 0 Å². The van der Waals surface area contributed by atoms with Gasteiger partial charge in [-0.15, -0.1) is 0 Å². The Bertz CT molecular complexity index is 672. The minimum absolute atomic E-state index is 0.0889. The van der Waals surface area contributed by atoms with Crippen molar-refractivity contribution >= 4 is 17.1 Å². The molecule has 2 rings (SSSR count). The van der Waals surface area contributed by atoms with Gasteiger partial charge < -0.3 is 0 Å². The Morgan fingerprint density at radius 3 is 2.53 bits per heavy atom. The van der Waals surface area contributed by atoms with E-state index in [-0.39, 0.29) is 16.6 Å². The summed E-state index contributed by atoms with van der Waals surface area (Å²) in [5, 5.41) is -0.0889. The van der Waals surface area contributed by atoms with Gasteiger partial charge in [-0.05, 0) is 19.4 Å². The number of fused-ring (bicyclic) bond motifs is 1. The Morgan fingerprint density at radius 2 is 2.00 bits per heavy atom. The zero-order valence-corrected chi connectivity index (χ0v) is 11.1. The van der Waals surface area contributed by atoms with E-state index < -0.39 is 17.4 Å². The maximum absolute atomic E-state index is 12.7. The zero-order chi connectivity index (χ0) is 14.4. The van der Waals surface area contributed by atoms with Gasteiger partial charge in [-0.2, -0.15) is 13.2 Å². The minimum Gasteiger partial charge on any atom is -0.295 e. The molecular weight excluding hydrogens is 281 g/mol. The molecule has 7 heteroatoms. The molecule has 0 aliphatic carbocycles. The van der Waals surface area contributed by atoms with Crippen LogP contribution in [0.5, 0.6) is 0 Å². The third-order valence-electron chi connectivity index (χ3n) is 3.14. The Labute approximate surface area is 112 Å². The molecule has 19 heavy (non-hydrogen) atoms. The number of hydrogen-bond donors (Lipinski definition) is 0. The van der Waals surface area contributed by atoms with Crippen molar-refractivity contribution in [1.82, 2.24) is 8.97 Å². The summed E-state index contributed by atoms with van der Waals surface area (Å²) in [6.45, 7) is 3.71. The molecule has 1 unspecified atom stereocenters. The monoisotopic (exact) mass is 292 g/mol. The van der Waals surface area contributed by atoms with Gasteiger partial charge in [0.25, 0.3) is 0 Å². The molecule has 0 aromatic carbocycles. The van der Waals surface area contributed by atoms with Crippen molar-refractivity contribution in [3.8, 4) is 0 Å². The fourth-order valence-electron chi connectivity index (χ4n) is 1.83. The quantitative estimate of drug-likeness (QED) is 0.828. The summed E-state index contributed by atoms with van der Waals surface area (Å²) < 4.78 is 40.4. The van der Waals surface area contributed by atoms with Gasteiger partial charge in [0.2, 0.25) is 0 Å². The zero-order valence-electron chi connectivity index (χ0n) is 10.3. The molecule has 3 nitrogen and oxygen atoms in total. The third-order valence-corrected chi connectivity index (χ3v) is 3.44. The number of pyridine rings is 1. The third kappa shape index (κ3) is 2.36. The molecule has 104 valence electrons. The molecule has 0 aliphatic heterocycles. The molecular formula is C12H12ClF3N2O. The number of aromatic nitrogens is 2. The van der Waals surface area contributed by atoms with Crippen LogP contribution in [-0.4, -0.2) is 8.97 Å². The summed E-state index contributed by atoms with van der Waals surface area (Å²) in [4.78, 5) is 12.1. The molecule has 0 radical (unpaired) electrons. The first-order valence-electron chi connectivity index (χ1n) is 5.75. The normalized spacial score (nSPS) is 14.0. The van der Waals surface area contributed by atoms with E-state index in [4.69, 9.17) is 11.6 Å². The van der Waals surface area contributed by atoms with Gasteiger partial charge in [-0.1, -0.05) is 18.5 Å². The molecule has 2 aromatic rings. The number of alkyl halides is 3. The smallest absolute Gasteiger partial charge is 0.295 e. The van der Waals surface area contributed by atoms with Crippen molar-refractivity contribution in [2.24, 2.45) is 0 Å². The molecule has 0 saturated heterocycles. The second-order valence-corrected chi connectivity index (χ2v) is 4.81. The first-order valence-corrected chi connectivity index (χ1v) is 6.13. The van der Waals surface area contributed by atoms with Crippen LogP contribution in [0, 0.1) is 0 Å². The predicted octanol–water partition coefficient (Wildman–Crippen LogP) is 3.74. The molecule has 0 spiro atoms. The summed E-state index contributed by atoms with van der Waals surface area (Å²) >= 11 is 5.83. The summed E-state index contributed by atoms with van der Waals surface area (Å²) in [5.74, 6) is 0. The van der Waals surface area contributed by atoms with E-state index in [9.17, 15) is 18.0 Å². The SMILES string of the molecule is CCC(C)n1cc2c(Cl)cc(C(F)(F)F)cn2c1=O. The average Bonchev–Trinajstić information content (AvgIpc) is 2.66. The lowest BCUT2D eigenvalue weighted by atomic mass is 10.2. The van der Waals surface area contributed by atoms with Crippen LogP contribution in [0.4, 0.5) is 13.2 Å². The van der Waals surface area contributed by atoms with E-state index in [1.54, 1.807) is 0 Å². The van der Waals surface area contributed by atoms with Gasteiger partial charge in [0, 0.05) is 18.4 Å². The lowest BCUT2D eigenvalue weighted by Gasteiger charge is -2.07. The molecule has 2 aromatic heterocycles. The van der Waals surface area contributed by atoms with Crippen LogP contribution in [-0.2, 0) is 6.18 Å². The fourth-order valence-corrected chi connectivity index (χ4v) is 2.09. The van der Waals surface area contributed by atoms with Crippen LogP contribution in [0.3, 0.4) is 0 Å². The summed E-state index contributed by atoms with van der Waals surface area (Å²) in [7, 11) is 0. The molecule has 0 saturated carbocycles. The number of nitrogens with zero attached hydrogens (tertiary/aromatic N) is 2. The van der Waals surface area contributed by atoms with Crippen LogP contribution in [0.1, 0.15) is 31.9 Å². The van der Waals surface area contributed by atoms with E-state index in [0.29, 0.717) is 6.42 Å². The van der Waals surface area contributed by atoms with Crippen molar-refractivity contribution in [3.05, 3.63) is 39.5 Å². The first kappa shape index (κ1) is 14.0. The molecule has 1 atom stereocenters. The van der Waals surface area contributed by atoms with E-state index in [1.807, 2.05) is 13.8 Å². The van der Waals surface area contributed by atoms with Crippen LogP contribution in [0.15, 0.2) is 23.3 Å². The second kappa shape index (κ2) is 4.59. The largest absolute Gasteiger partial charge is 0.417 e.